The zero-order valence-electron chi connectivity index (χ0n) is 11.3. The fraction of sp³-hybridized carbons (Fsp3) is 0.200. The second-order valence-electron chi connectivity index (χ2n) is 4.62. The van der Waals surface area contributed by atoms with Crippen molar-refractivity contribution in [1.29, 1.82) is 0 Å². The van der Waals surface area contributed by atoms with Crippen molar-refractivity contribution < 1.29 is 4.79 Å². The van der Waals surface area contributed by atoms with Crippen LogP contribution >= 0.6 is 0 Å². The summed E-state index contributed by atoms with van der Waals surface area (Å²) in [7, 11) is 3.82. The van der Waals surface area contributed by atoms with Gasteiger partial charge < -0.3 is 10.2 Å². The molecule has 4 heteroatoms. The van der Waals surface area contributed by atoms with Gasteiger partial charge in [0.2, 0.25) is 0 Å². The Labute approximate surface area is 113 Å². The van der Waals surface area contributed by atoms with Gasteiger partial charge in [0.05, 0.1) is 5.56 Å². The van der Waals surface area contributed by atoms with Gasteiger partial charge >= 0.3 is 0 Å². The van der Waals surface area contributed by atoms with Crippen molar-refractivity contribution in [2.24, 2.45) is 0 Å². The van der Waals surface area contributed by atoms with Gasteiger partial charge in [0.1, 0.15) is 5.82 Å². The average Bonchev–Trinajstić information content (AvgIpc) is 2.41. The van der Waals surface area contributed by atoms with Gasteiger partial charge in [-0.2, -0.15) is 0 Å². The normalized spacial score (nSPS) is 10.1. The van der Waals surface area contributed by atoms with Crippen molar-refractivity contribution in [1.82, 2.24) is 4.98 Å². The van der Waals surface area contributed by atoms with Crippen molar-refractivity contribution in [2.45, 2.75) is 6.92 Å². The van der Waals surface area contributed by atoms with Crippen molar-refractivity contribution in [3.63, 3.8) is 0 Å². The summed E-state index contributed by atoms with van der Waals surface area (Å²) in [6, 6.07) is 11.3. The molecule has 0 aliphatic rings. The molecule has 0 aliphatic heterocycles. The number of nitrogens with zero attached hydrogens (tertiary/aromatic N) is 2. The fourth-order valence-corrected chi connectivity index (χ4v) is 1.63. The predicted molar refractivity (Wildman–Crippen MR) is 77.7 cm³/mol. The maximum Gasteiger partial charge on any atom is 0.257 e. The lowest BCUT2D eigenvalue weighted by molar-refractivity contribution is 0.102. The molecule has 1 amide bonds. The molecule has 0 saturated carbocycles. The Bertz CT molecular complexity index is 559. The Balaban J connectivity index is 2.09. The van der Waals surface area contributed by atoms with Crippen LogP contribution in [0.1, 0.15) is 15.9 Å². The molecule has 2 aromatic rings. The van der Waals surface area contributed by atoms with Gasteiger partial charge in [-0.1, -0.05) is 17.7 Å². The smallest absolute Gasteiger partial charge is 0.257 e. The molecule has 98 valence electrons. The number of pyridine rings is 1. The molecule has 1 N–H and O–H groups in total. The number of hydrogen-bond acceptors (Lipinski definition) is 3. The largest absolute Gasteiger partial charge is 0.363 e. The van der Waals surface area contributed by atoms with Crippen LogP contribution in [0, 0.1) is 6.92 Å². The number of carbonyl (C=O) groups is 1. The highest BCUT2D eigenvalue weighted by molar-refractivity contribution is 6.04. The number of aryl methyl sites for hydroxylation is 1. The minimum absolute atomic E-state index is 0.151. The number of amides is 1. The Hall–Kier alpha value is -2.36. The Morgan fingerprint density at radius 1 is 1.11 bits per heavy atom. The van der Waals surface area contributed by atoms with Crippen LogP contribution in [0.25, 0.3) is 0 Å². The van der Waals surface area contributed by atoms with Crippen molar-refractivity contribution in [3.05, 3.63) is 53.7 Å². The number of rotatable bonds is 3. The monoisotopic (exact) mass is 255 g/mol. The van der Waals surface area contributed by atoms with E-state index < -0.39 is 0 Å². The third-order valence-electron chi connectivity index (χ3n) is 2.78. The van der Waals surface area contributed by atoms with E-state index in [1.807, 2.05) is 56.3 Å². The van der Waals surface area contributed by atoms with Gasteiger partial charge in [-0.15, -0.1) is 0 Å². The second-order valence-corrected chi connectivity index (χ2v) is 4.62. The van der Waals surface area contributed by atoms with Crippen LogP contribution in [0.4, 0.5) is 11.5 Å². The third-order valence-corrected chi connectivity index (χ3v) is 2.78. The maximum absolute atomic E-state index is 12.0. The second kappa shape index (κ2) is 5.52. The molecule has 2 rings (SSSR count). The van der Waals surface area contributed by atoms with Gasteiger partial charge in [0.15, 0.2) is 0 Å². The minimum atomic E-state index is -0.151. The quantitative estimate of drug-likeness (QED) is 0.917. The SMILES string of the molecule is Cc1ccc(NC(=O)c2ccc(N(C)C)nc2)cc1. The van der Waals surface area contributed by atoms with Gasteiger partial charge in [0, 0.05) is 26.0 Å². The summed E-state index contributed by atoms with van der Waals surface area (Å²) in [5, 5.41) is 2.84. The van der Waals surface area contributed by atoms with E-state index in [9.17, 15) is 4.79 Å². The summed E-state index contributed by atoms with van der Waals surface area (Å²) in [4.78, 5) is 18.1. The molecule has 0 aliphatic carbocycles. The predicted octanol–water partition coefficient (Wildman–Crippen LogP) is 2.71. The highest BCUT2D eigenvalue weighted by Crippen LogP contribution is 2.12. The summed E-state index contributed by atoms with van der Waals surface area (Å²) in [6.07, 6.45) is 1.58. The lowest BCUT2D eigenvalue weighted by Crippen LogP contribution is -2.14. The van der Waals surface area contributed by atoms with Gasteiger partial charge in [-0.05, 0) is 31.2 Å². The molecule has 0 radical (unpaired) electrons. The molecule has 1 heterocycles. The van der Waals surface area contributed by atoms with E-state index >= 15 is 0 Å². The number of benzene rings is 1. The zero-order valence-corrected chi connectivity index (χ0v) is 11.3. The summed E-state index contributed by atoms with van der Waals surface area (Å²) in [5.41, 5.74) is 2.49. The summed E-state index contributed by atoms with van der Waals surface area (Å²) in [5.74, 6) is 0.675. The van der Waals surface area contributed by atoms with E-state index in [4.69, 9.17) is 0 Å². The zero-order chi connectivity index (χ0) is 13.8. The van der Waals surface area contributed by atoms with E-state index in [-0.39, 0.29) is 5.91 Å². The molecule has 1 aromatic carbocycles. The Kier molecular flexibility index (Phi) is 3.80. The molecule has 0 bridgehead atoms. The summed E-state index contributed by atoms with van der Waals surface area (Å²) >= 11 is 0. The van der Waals surface area contributed by atoms with Crippen LogP contribution in [-0.4, -0.2) is 25.0 Å². The van der Waals surface area contributed by atoms with Crippen molar-refractivity contribution in [2.75, 3.05) is 24.3 Å². The molecule has 0 saturated heterocycles. The Morgan fingerprint density at radius 3 is 2.32 bits per heavy atom. The average molecular weight is 255 g/mol. The highest BCUT2D eigenvalue weighted by Gasteiger charge is 2.07. The van der Waals surface area contributed by atoms with Crippen molar-refractivity contribution >= 4 is 17.4 Å². The van der Waals surface area contributed by atoms with E-state index in [0.717, 1.165) is 17.1 Å². The number of nitrogens with one attached hydrogen (secondary N) is 1. The lowest BCUT2D eigenvalue weighted by atomic mass is 10.2. The van der Waals surface area contributed by atoms with Crippen molar-refractivity contribution in [3.8, 4) is 0 Å². The first-order chi connectivity index (χ1) is 9.06. The molecule has 0 atom stereocenters. The fourth-order valence-electron chi connectivity index (χ4n) is 1.63. The minimum Gasteiger partial charge on any atom is -0.363 e. The standard InChI is InChI=1S/C15H17N3O/c1-11-4-7-13(8-5-11)17-15(19)12-6-9-14(16-10-12)18(2)3/h4-10H,1-3H3,(H,17,19). The molecule has 19 heavy (non-hydrogen) atoms. The van der Waals surface area contributed by atoms with Gasteiger partial charge in [0.25, 0.3) is 5.91 Å². The first-order valence-electron chi connectivity index (χ1n) is 6.07. The van der Waals surface area contributed by atoms with Gasteiger partial charge in [-0.3, -0.25) is 4.79 Å². The van der Waals surface area contributed by atoms with Crippen LogP contribution in [0.2, 0.25) is 0 Å². The summed E-state index contributed by atoms with van der Waals surface area (Å²) < 4.78 is 0. The number of hydrogen-bond donors (Lipinski definition) is 1. The maximum atomic E-state index is 12.0. The molecular formula is C15H17N3O. The topological polar surface area (TPSA) is 45.2 Å². The van der Waals surface area contributed by atoms with E-state index in [1.54, 1.807) is 12.3 Å². The van der Waals surface area contributed by atoms with Crippen LogP contribution in [0.15, 0.2) is 42.6 Å². The molecule has 0 unspecified atom stereocenters. The molecule has 0 fully saturated rings. The van der Waals surface area contributed by atoms with E-state index in [2.05, 4.69) is 10.3 Å². The number of carbonyl (C=O) groups excluding carboxylic acids is 1. The number of anilines is 2. The molecule has 4 nitrogen and oxygen atoms in total. The lowest BCUT2D eigenvalue weighted by Gasteiger charge is -2.11. The van der Waals surface area contributed by atoms with E-state index in [0.29, 0.717) is 5.56 Å². The molecular weight excluding hydrogens is 238 g/mol. The van der Waals surface area contributed by atoms with Gasteiger partial charge in [-0.25, -0.2) is 4.98 Å². The highest BCUT2D eigenvalue weighted by atomic mass is 16.1. The van der Waals surface area contributed by atoms with Crippen LogP contribution in [0.5, 0.6) is 0 Å². The first-order valence-corrected chi connectivity index (χ1v) is 6.07. The van der Waals surface area contributed by atoms with E-state index in [1.165, 1.54) is 0 Å². The third kappa shape index (κ3) is 3.31. The first kappa shape index (κ1) is 13.1. The van der Waals surface area contributed by atoms with Crippen LogP contribution in [-0.2, 0) is 0 Å². The Morgan fingerprint density at radius 2 is 1.79 bits per heavy atom. The van der Waals surface area contributed by atoms with Crippen LogP contribution in [0.3, 0.4) is 0 Å². The number of aromatic nitrogens is 1. The molecule has 0 spiro atoms. The van der Waals surface area contributed by atoms with Crippen LogP contribution < -0.4 is 10.2 Å². The summed E-state index contributed by atoms with van der Waals surface area (Å²) in [6.45, 7) is 2.01. The molecule has 1 aromatic heterocycles.